The lowest BCUT2D eigenvalue weighted by atomic mass is 10.1. The van der Waals surface area contributed by atoms with Crippen LogP contribution in [0.3, 0.4) is 0 Å². The van der Waals surface area contributed by atoms with Gasteiger partial charge in [-0.25, -0.2) is 0 Å². The van der Waals surface area contributed by atoms with Crippen molar-refractivity contribution in [2.45, 2.75) is 26.4 Å². The van der Waals surface area contributed by atoms with E-state index in [0.717, 1.165) is 38.2 Å². The van der Waals surface area contributed by atoms with Crippen LogP contribution in [0.25, 0.3) is 10.9 Å². The molecule has 0 amide bonds. The normalized spacial score (nSPS) is 15.4. The van der Waals surface area contributed by atoms with Crippen LogP contribution in [0, 0.1) is 0 Å². The van der Waals surface area contributed by atoms with Gasteiger partial charge in [-0.15, -0.1) is 0 Å². The van der Waals surface area contributed by atoms with Crippen LogP contribution in [0.5, 0.6) is 0 Å². The van der Waals surface area contributed by atoms with Crippen molar-refractivity contribution in [2.75, 3.05) is 36.4 Å². The minimum Gasteiger partial charge on any atom is -0.381 e. The maximum absolute atomic E-state index is 4.39. The van der Waals surface area contributed by atoms with Gasteiger partial charge in [-0.3, -0.25) is 9.88 Å². The number of aromatic nitrogens is 1. The zero-order chi connectivity index (χ0) is 18.6. The van der Waals surface area contributed by atoms with Gasteiger partial charge in [0, 0.05) is 61.7 Å². The Labute approximate surface area is 161 Å². The van der Waals surface area contributed by atoms with Gasteiger partial charge in [0.15, 0.2) is 0 Å². The van der Waals surface area contributed by atoms with Crippen molar-refractivity contribution in [1.82, 2.24) is 9.88 Å². The van der Waals surface area contributed by atoms with Crippen LogP contribution in [-0.4, -0.2) is 42.1 Å². The third-order valence-corrected chi connectivity index (χ3v) is 5.42. The number of fused-ring (bicyclic) bond motifs is 1. The van der Waals surface area contributed by atoms with Crippen LogP contribution in [0.4, 0.5) is 11.4 Å². The van der Waals surface area contributed by atoms with Crippen LogP contribution < -0.4 is 10.2 Å². The lowest BCUT2D eigenvalue weighted by Gasteiger charge is -2.38. The van der Waals surface area contributed by atoms with E-state index in [-0.39, 0.29) is 0 Å². The first-order chi connectivity index (χ1) is 13.2. The monoisotopic (exact) mass is 360 g/mol. The Morgan fingerprint density at radius 2 is 1.81 bits per heavy atom. The zero-order valence-corrected chi connectivity index (χ0v) is 16.2. The van der Waals surface area contributed by atoms with Crippen molar-refractivity contribution in [3.8, 4) is 0 Å². The quantitative estimate of drug-likeness (QED) is 0.732. The highest BCUT2D eigenvalue weighted by atomic mass is 15.3. The average molecular weight is 361 g/mol. The van der Waals surface area contributed by atoms with Crippen LogP contribution in [0.1, 0.15) is 19.4 Å². The number of hydrogen-bond acceptors (Lipinski definition) is 4. The summed E-state index contributed by atoms with van der Waals surface area (Å²) in [5.74, 6) is 0. The smallest absolute Gasteiger partial charge is 0.0702 e. The summed E-state index contributed by atoms with van der Waals surface area (Å²) in [4.78, 5) is 9.43. The van der Waals surface area contributed by atoms with Crippen LogP contribution in [-0.2, 0) is 6.54 Å². The standard InChI is InChI=1S/C23H28N4/c1-18(2)26-11-13-27(14-12-26)22-7-3-6-21(16-22)25-17-19-8-9-23-20(15-19)5-4-10-24-23/h3-10,15-16,18,25H,11-14,17H2,1-2H3. The molecule has 4 heteroatoms. The third-order valence-electron chi connectivity index (χ3n) is 5.42. The second kappa shape index (κ2) is 7.97. The molecule has 0 bridgehead atoms. The fourth-order valence-electron chi connectivity index (χ4n) is 3.75. The highest BCUT2D eigenvalue weighted by Crippen LogP contribution is 2.22. The largest absolute Gasteiger partial charge is 0.381 e. The van der Waals surface area contributed by atoms with Crippen molar-refractivity contribution in [2.24, 2.45) is 0 Å². The highest BCUT2D eigenvalue weighted by Gasteiger charge is 2.19. The van der Waals surface area contributed by atoms with E-state index in [0.29, 0.717) is 6.04 Å². The topological polar surface area (TPSA) is 31.4 Å². The molecule has 0 saturated carbocycles. The SMILES string of the molecule is CC(C)N1CCN(c2cccc(NCc3ccc4ncccc4c3)c2)CC1. The van der Waals surface area contributed by atoms with Crippen molar-refractivity contribution in [3.63, 3.8) is 0 Å². The molecule has 0 atom stereocenters. The molecule has 1 fully saturated rings. The predicted molar refractivity (Wildman–Crippen MR) is 114 cm³/mol. The van der Waals surface area contributed by atoms with Crippen molar-refractivity contribution in [3.05, 3.63) is 66.4 Å². The van der Waals surface area contributed by atoms with Gasteiger partial charge in [-0.1, -0.05) is 18.2 Å². The fraction of sp³-hybridized carbons (Fsp3) is 0.348. The first-order valence-electron chi connectivity index (χ1n) is 9.86. The maximum atomic E-state index is 4.39. The van der Waals surface area contributed by atoms with Gasteiger partial charge < -0.3 is 10.2 Å². The second-order valence-corrected chi connectivity index (χ2v) is 7.55. The number of anilines is 2. The molecule has 1 aliphatic rings. The highest BCUT2D eigenvalue weighted by molar-refractivity contribution is 5.79. The van der Waals surface area contributed by atoms with E-state index in [9.17, 15) is 0 Å². The molecular weight excluding hydrogens is 332 g/mol. The lowest BCUT2D eigenvalue weighted by molar-refractivity contribution is 0.209. The summed E-state index contributed by atoms with van der Waals surface area (Å²) in [5, 5.41) is 4.76. The van der Waals surface area contributed by atoms with Gasteiger partial charge in [-0.2, -0.15) is 0 Å². The third kappa shape index (κ3) is 4.22. The Morgan fingerprint density at radius 3 is 2.63 bits per heavy atom. The molecule has 1 aliphatic heterocycles. The first-order valence-corrected chi connectivity index (χ1v) is 9.86. The van der Waals surface area contributed by atoms with Crippen LogP contribution in [0.2, 0.25) is 0 Å². The van der Waals surface area contributed by atoms with Gasteiger partial charge in [0.2, 0.25) is 0 Å². The second-order valence-electron chi connectivity index (χ2n) is 7.55. The number of nitrogens with one attached hydrogen (secondary N) is 1. The van der Waals surface area contributed by atoms with Crippen LogP contribution in [0.15, 0.2) is 60.8 Å². The number of nitrogens with zero attached hydrogens (tertiary/aromatic N) is 3. The number of benzene rings is 2. The Kier molecular flexibility index (Phi) is 5.26. The lowest BCUT2D eigenvalue weighted by Crippen LogP contribution is -2.48. The summed E-state index contributed by atoms with van der Waals surface area (Å²) in [5.41, 5.74) is 4.80. The molecule has 4 nitrogen and oxygen atoms in total. The maximum Gasteiger partial charge on any atom is 0.0702 e. The molecule has 1 saturated heterocycles. The minimum absolute atomic E-state index is 0.636. The molecule has 0 aliphatic carbocycles. The summed E-state index contributed by atoms with van der Waals surface area (Å²) in [6.45, 7) is 9.85. The van der Waals surface area contributed by atoms with Gasteiger partial charge in [0.25, 0.3) is 0 Å². The zero-order valence-electron chi connectivity index (χ0n) is 16.2. The molecule has 0 unspecified atom stereocenters. The average Bonchev–Trinajstić information content (AvgIpc) is 2.72. The molecular formula is C23H28N4. The van der Waals surface area contributed by atoms with Gasteiger partial charge >= 0.3 is 0 Å². The molecule has 2 heterocycles. The Bertz CT molecular complexity index is 898. The Hall–Kier alpha value is -2.59. The molecule has 0 radical (unpaired) electrons. The molecule has 1 N–H and O–H groups in total. The number of hydrogen-bond donors (Lipinski definition) is 1. The van der Waals surface area contributed by atoms with E-state index < -0.39 is 0 Å². The molecule has 140 valence electrons. The number of pyridine rings is 1. The van der Waals surface area contributed by atoms with E-state index >= 15 is 0 Å². The van der Waals surface area contributed by atoms with Gasteiger partial charge in [-0.05, 0) is 55.8 Å². The number of piperazine rings is 1. The molecule has 0 spiro atoms. The minimum atomic E-state index is 0.636. The molecule has 3 aromatic rings. The molecule has 1 aromatic heterocycles. The van der Waals surface area contributed by atoms with Gasteiger partial charge in [0.05, 0.1) is 5.52 Å². The summed E-state index contributed by atoms with van der Waals surface area (Å²) in [6.07, 6.45) is 1.84. The van der Waals surface area contributed by atoms with Crippen molar-refractivity contribution < 1.29 is 0 Å². The molecule has 27 heavy (non-hydrogen) atoms. The first kappa shape index (κ1) is 17.8. The fourth-order valence-corrected chi connectivity index (χ4v) is 3.75. The van der Waals surface area contributed by atoms with E-state index in [2.05, 4.69) is 82.5 Å². The van der Waals surface area contributed by atoms with E-state index in [1.165, 1.54) is 22.3 Å². The molecule has 2 aromatic carbocycles. The summed E-state index contributed by atoms with van der Waals surface area (Å²) in [6, 6.07) is 20.0. The van der Waals surface area contributed by atoms with Gasteiger partial charge in [0.1, 0.15) is 0 Å². The molecule has 4 rings (SSSR count). The van der Waals surface area contributed by atoms with E-state index in [1.807, 2.05) is 12.3 Å². The Balaban J connectivity index is 1.40. The summed E-state index contributed by atoms with van der Waals surface area (Å²) < 4.78 is 0. The Morgan fingerprint density at radius 1 is 0.963 bits per heavy atom. The summed E-state index contributed by atoms with van der Waals surface area (Å²) in [7, 11) is 0. The van der Waals surface area contributed by atoms with Crippen molar-refractivity contribution in [1.29, 1.82) is 0 Å². The van der Waals surface area contributed by atoms with E-state index in [1.54, 1.807) is 0 Å². The van der Waals surface area contributed by atoms with Crippen molar-refractivity contribution >= 4 is 22.3 Å². The number of rotatable bonds is 5. The summed E-state index contributed by atoms with van der Waals surface area (Å²) >= 11 is 0. The predicted octanol–water partition coefficient (Wildman–Crippen LogP) is 4.38. The van der Waals surface area contributed by atoms with Crippen LogP contribution >= 0.6 is 0 Å². The van der Waals surface area contributed by atoms with E-state index in [4.69, 9.17) is 0 Å².